The van der Waals surface area contributed by atoms with Crippen LogP contribution < -0.4 is 0 Å². The number of rotatable bonds is 8. The van der Waals surface area contributed by atoms with Gasteiger partial charge in [-0.25, -0.2) is 0 Å². The predicted molar refractivity (Wildman–Crippen MR) is 155 cm³/mol. The summed E-state index contributed by atoms with van der Waals surface area (Å²) in [6.45, 7) is 0.166. The molecule has 1 aliphatic heterocycles. The summed E-state index contributed by atoms with van der Waals surface area (Å²) in [5.41, 5.74) is 4.99. The molecule has 4 atom stereocenters. The van der Waals surface area contributed by atoms with Gasteiger partial charge in [0, 0.05) is 30.1 Å². The second kappa shape index (κ2) is 11.7. The van der Waals surface area contributed by atoms with Crippen LogP contribution in [0.2, 0.25) is 6.32 Å². The smallest absolute Gasteiger partial charge is 0.455 e. The number of benzene rings is 2. The number of ether oxygens (including phenoxy) is 1. The lowest BCUT2D eigenvalue weighted by Crippen LogP contribution is -2.51. The topological polar surface area (TPSA) is 106 Å². The van der Waals surface area contributed by atoms with E-state index >= 15 is 0 Å². The second-order valence-electron chi connectivity index (χ2n) is 11.1. The van der Waals surface area contributed by atoms with Gasteiger partial charge in [0.15, 0.2) is 11.6 Å². The predicted octanol–water partition coefficient (Wildman–Crippen LogP) is 5.25. The van der Waals surface area contributed by atoms with Gasteiger partial charge < -0.3 is 23.9 Å². The van der Waals surface area contributed by atoms with Crippen molar-refractivity contribution in [3.05, 3.63) is 106 Å². The normalized spacial score (nSPS) is 24.3. The standard InChI is InChI=1S/C33H33BO7/c1-39-19-22-16-27-31(33(37)26-10-6-5-9-25(26)32(27)36)28-17-34(38)41-29(30(22)28)14-11-21(20-7-3-2-4-8-20)15-23-12-13-24(18-35)40-23/h2-10,12-13,15,27-29,31,35,38H,11,14,16-19H2,1H3/b21-15-/t27-,28+,29-,31-/m1/s1. The van der Waals surface area contributed by atoms with E-state index in [-0.39, 0.29) is 30.4 Å². The summed E-state index contributed by atoms with van der Waals surface area (Å²) < 4.78 is 17.5. The Hall–Kier alpha value is -3.56. The fourth-order valence-corrected chi connectivity index (χ4v) is 6.94. The van der Waals surface area contributed by atoms with Gasteiger partial charge in [-0.15, -0.1) is 0 Å². The minimum atomic E-state index is -1.04. The van der Waals surface area contributed by atoms with Crippen molar-refractivity contribution in [3.63, 3.8) is 0 Å². The average Bonchev–Trinajstić information content (AvgIpc) is 3.46. The Labute approximate surface area is 239 Å². The van der Waals surface area contributed by atoms with Gasteiger partial charge in [0.05, 0.1) is 12.7 Å². The summed E-state index contributed by atoms with van der Waals surface area (Å²) in [7, 11) is 0.587. The van der Waals surface area contributed by atoms with Crippen molar-refractivity contribution in [3.8, 4) is 0 Å². The molecule has 0 unspecified atom stereocenters. The summed E-state index contributed by atoms with van der Waals surface area (Å²) in [6, 6.07) is 20.6. The van der Waals surface area contributed by atoms with E-state index in [9.17, 15) is 19.7 Å². The summed E-state index contributed by atoms with van der Waals surface area (Å²) in [5, 5.41) is 20.3. The molecule has 41 heavy (non-hydrogen) atoms. The SMILES string of the molecule is COCC1=C2[C@@H](CC/C(=C/c3ccc(CO)o3)c3ccccc3)OB(O)C[C@@H]2[C@@H]2C(=O)c3ccccc3C(=O)[C@@H]2C1. The minimum absolute atomic E-state index is 0.00891. The maximum atomic E-state index is 13.8. The second-order valence-corrected chi connectivity index (χ2v) is 11.1. The lowest BCUT2D eigenvalue weighted by molar-refractivity contribution is 0.0585. The molecular formula is C33H33BO7. The maximum absolute atomic E-state index is 13.8. The number of hydrogen-bond donors (Lipinski definition) is 2. The molecular weight excluding hydrogens is 519 g/mol. The molecule has 0 radical (unpaired) electrons. The number of aliphatic hydroxyl groups excluding tert-OH is 1. The molecule has 2 heterocycles. The molecule has 0 saturated carbocycles. The zero-order chi connectivity index (χ0) is 28.5. The van der Waals surface area contributed by atoms with Crippen LogP contribution in [0.5, 0.6) is 0 Å². The van der Waals surface area contributed by atoms with Crippen molar-refractivity contribution in [1.82, 2.24) is 0 Å². The van der Waals surface area contributed by atoms with Crippen molar-refractivity contribution in [2.75, 3.05) is 13.7 Å². The van der Waals surface area contributed by atoms with Crippen LogP contribution in [0.3, 0.4) is 0 Å². The van der Waals surface area contributed by atoms with Crippen LogP contribution in [0.15, 0.2) is 82.3 Å². The van der Waals surface area contributed by atoms with Crippen molar-refractivity contribution in [2.45, 2.75) is 38.3 Å². The van der Waals surface area contributed by atoms with E-state index in [1.807, 2.05) is 42.5 Å². The highest BCUT2D eigenvalue weighted by Gasteiger charge is 2.53. The molecule has 3 aromatic rings. The number of carbonyl (C=O) groups is 2. The molecule has 6 rings (SSSR count). The Balaban J connectivity index is 1.35. The summed E-state index contributed by atoms with van der Waals surface area (Å²) in [6.07, 6.45) is 3.40. The Morgan fingerprint density at radius 2 is 1.73 bits per heavy atom. The van der Waals surface area contributed by atoms with Gasteiger partial charge in [-0.05, 0) is 72.0 Å². The van der Waals surface area contributed by atoms with Crippen molar-refractivity contribution in [1.29, 1.82) is 0 Å². The third-order valence-electron chi connectivity index (χ3n) is 8.66. The van der Waals surface area contributed by atoms with E-state index in [1.165, 1.54) is 0 Å². The monoisotopic (exact) mass is 552 g/mol. The zero-order valence-corrected chi connectivity index (χ0v) is 23.0. The van der Waals surface area contributed by atoms with Crippen LogP contribution in [0, 0.1) is 17.8 Å². The van der Waals surface area contributed by atoms with Crippen LogP contribution in [-0.4, -0.2) is 48.6 Å². The number of carbonyl (C=O) groups excluding carboxylic acids is 2. The third kappa shape index (κ3) is 5.29. The lowest BCUT2D eigenvalue weighted by atomic mass is 9.54. The molecule has 2 N–H and O–H groups in total. The van der Waals surface area contributed by atoms with Crippen molar-refractivity contribution < 1.29 is 33.5 Å². The number of fused-ring (bicyclic) bond motifs is 4. The fraction of sp³-hybridized carbons (Fsp3) is 0.333. The van der Waals surface area contributed by atoms with Crippen LogP contribution in [0.4, 0.5) is 0 Å². The molecule has 0 amide bonds. The van der Waals surface area contributed by atoms with E-state index in [4.69, 9.17) is 13.8 Å². The first-order chi connectivity index (χ1) is 20.0. The van der Waals surface area contributed by atoms with E-state index in [0.29, 0.717) is 48.5 Å². The van der Waals surface area contributed by atoms with Crippen molar-refractivity contribution in [2.24, 2.45) is 17.8 Å². The third-order valence-corrected chi connectivity index (χ3v) is 8.66. The molecule has 2 aromatic carbocycles. The first-order valence-corrected chi connectivity index (χ1v) is 14.2. The van der Waals surface area contributed by atoms with Crippen molar-refractivity contribution >= 4 is 30.3 Å². The Kier molecular flexibility index (Phi) is 7.91. The molecule has 7 nitrogen and oxygen atoms in total. The molecule has 1 fully saturated rings. The number of methoxy groups -OCH3 is 1. The van der Waals surface area contributed by atoms with Gasteiger partial charge >= 0.3 is 7.12 Å². The first kappa shape index (κ1) is 27.6. The van der Waals surface area contributed by atoms with Gasteiger partial charge in [-0.2, -0.15) is 0 Å². The molecule has 2 aliphatic carbocycles. The van der Waals surface area contributed by atoms with Gasteiger partial charge in [-0.3, -0.25) is 9.59 Å². The number of furan rings is 1. The Morgan fingerprint density at radius 1 is 1.00 bits per heavy atom. The van der Waals surface area contributed by atoms with Gasteiger partial charge in [0.1, 0.15) is 18.1 Å². The van der Waals surface area contributed by atoms with E-state index in [1.54, 1.807) is 37.4 Å². The van der Waals surface area contributed by atoms with Crippen LogP contribution in [-0.2, 0) is 16.0 Å². The molecule has 8 heteroatoms. The molecule has 0 bridgehead atoms. The summed E-state index contributed by atoms with van der Waals surface area (Å²) >= 11 is 0. The van der Waals surface area contributed by atoms with Gasteiger partial charge in [0.2, 0.25) is 0 Å². The van der Waals surface area contributed by atoms with Gasteiger partial charge in [0.25, 0.3) is 0 Å². The molecule has 210 valence electrons. The lowest BCUT2D eigenvalue weighted by Gasteiger charge is -2.47. The zero-order valence-electron chi connectivity index (χ0n) is 23.0. The number of hydrogen-bond acceptors (Lipinski definition) is 7. The number of Topliss-reactive ketones (excluding diaryl/α,β-unsaturated/α-hetero) is 2. The largest absolute Gasteiger partial charge is 0.459 e. The van der Waals surface area contributed by atoms with E-state index in [2.05, 4.69) is 0 Å². The summed E-state index contributed by atoms with van der Waals surface area (Å²) in [4.78, 5) is 27.5. The van der Waals surface area contributed by atoms with Crippen LogP contribution in [0.1, 0.15) is 57.1 Å². The highest BCUT2D eigenvalue weighted by molar-refractivity contribution is 6.43. The number of allylic oxidation sites excluding steroid dienone is 1. The summed E-state index contributed by atoms with van der Waals surface area (Å²) in [5.74, 6) is -0.215. The van der Waals surface area contributed by atoms with E-state index < -0.39 is 25.1 Å². The Morgan fingerprint density at radius 3 is 2.44 bits per heavy atom. The van der Waals surface area contributed by atoms with Crippen LogP contribution in [0.25, 0.3) is 11.6 Å². The Bertz CT molecular complexity index is 1500. The quantitative estimate of drug-likeness (QED) is 0.291. The molecule has 1 aromatic heterocycles. The van der Waals surface area contributed by atoms with Gasteiger partial charge in [-0.1, -0.05) is 54.6 Å². The van der Waals surface area contributed by atoms with E-state index in [0.717, 1.165) is 22.3 Å². The maximum Gasteiger partial charge on any atom is 0.455 e. The average molecular weight is 552 g/mol. The minimum Gasteiger partial charge on any atom is -0.459 e. The highest BCUT2D eigenvalue weighted by atomic mass is 16.5. The number of ketones is 2. The number of aliphatic hydroxyl groups is 1. The molecule has 3 aliphatic rings. The molecule has 0 spiro atoms. The van der Waals surface area contributed by atoms with Crippen LogP contribution >= 0.6 is 0 Å². The highest BCUT2D eigenvalue weighted by Crippen LogP contribution is 2.51. The molecule has 1 saturated heterocycles. The first-order valence-electron chi connectivity index (χ1n) is 14.2. The fourth-order valence-electron chi connectivity index (χ4n) is 6.94.